The van der Waals surface area contributed by atoms with Gasteiger partial charge < -0.3 is 14.6 Å². The van der Waals surface area contributed by atoms with Gasteiger partial charge in [-0.1, -0.05) is 0 Å². The SMILES string of the molecule is Cc1cc(NCc2cn3cc(C4CC4)cc(N4CCN(C(C)(C)C)CC4)c3n2)cc(Br)n1. The molecule has 0 amide bonds. The monoisotopic (exact) mass is 496 g/mol. The van der Waals surface area contributed by atoms with Crippen LogP contribution in [0.1, 0.15) is 56.5 Å². The Hall–Kier alpha value is -2.12. The molecule has 2 fully saturated rings. The molecule has 0 atom stereocenters. The van der Waals surface area contributed by atoms with Gasteiger partial charge in [0.25, 0.3) is 0 Å². The van der Waals surface area contributed by atoms with E-state index in [0.717, 1.165) is 59.4 Å². The van der Waals surface area contributed by atoms with Crippen molar-refractivity contribution < 1.29 is 0 Å². The Kier molecular flexibility index (Phi) is 5.66. The summed E-state index contributed by atoms with van der Waals surface area (Å²) >= 11 is 3.48. The predicted molar refractivity (Wildman–Crippen MR) is 135 cm³/mol. The van der Waals surface area contributed by atoms with Crippen molar-refractivity contribution >= 4 is 33.0 Å². The first-order valence-corrected chi connectivity index (χ1v) is 12.5. The van der Waals surface area contributed by atoms with E-state index in [2.05, 4.69) is 85.7 Å². The third-order valence-corrected chi connectivity index (χ3v) is 7.02. The van der Waals surface area contributed by atoms with Crippen molar-refractivity contribution in [2.75, 3.05) is 36.4 Å². The van der Waals surface area contributed by atoms with E-state index in [9.17, 15) is 0 Å². The van der Waals surface area contributed by atoms with E-state index in [1.165, 1.54) is 24.1 Å². The lowest BCUT2D eigenvalue weighted by atomic mass is 10.0. The molecule has 0 radical (unpaired) electrons. The molecule has 1 aliphatic carbocycles. The first-order valence-electron chi connectivity index (χ1n) is 11.7. The number of hydrogen-bond acceptors (Lipinski definition) is 5. The molecule has 170 valence electrons. The van der Waals surface area contributed by atoms with Crippen LogP contribution in [-0.4, -0.2) is 51.0 Å². The van der Waals surface area contributed by atoms with Gasteiger partial charge in [-0.05, 0) is 86.1 Å². The molecule has 3 aromatic rings. The van der Waals surface area contributed by atoms with Gasteiger partial charge in [0, 0.05) is 55.5 Å². The summed E-state index contributed by atoms with van der Waals surface area (Å²) < 4.78 is 3.10. The molecule has 7 heteroatoms. The molecule has 0 spiro atoms. The summed E-state index contributed by atoms with van der Waals surface area (Å²) in [6.07, 6.45) is 7.10. The summed E-state index contributed by atoms with van der Waals surface area (Å²) in [6, 6.07) is 6.48. The zero-order chi connectivity index (χ0) is 22.5. The number of imidazole rings is 1. The van der Waals surface area contributed by atoms with Gasteiger partial charge in [0.05, 0.1) is 17.9 Å². The molecule has 6 nitrogen and oxygen atoms in total. The highest BCUT2D eigenvalue weighted by molar-refractivity contribution is 9.10. The maximum Gasteiger partial charge on any atom is 0.160 e. The van der Waals surface area contributed by atoms with Gasteiger partial charge in [-0.2, -0.15) is 0 Å². The normalized spacial score (nSPS) is 17.8. The summed E-state index contributed by atoms with van der Waals surface area (Å²) in [6.45, 7) is 13.9. The van der Waals surface area contributed by atoms with E-state index in [-0.39, 0.29) is 5.54 Å². The number of aryl methyl sites for hydroxylation is 1. The van der Waals surface area contributed by atoms with Gasteiger partial charge in [0.2, 0.25) is 0 Å². The van der Waals surface area contributed by atoms with Crippen LogP contribution in [0.4, 0.5) is 11.4 Å². The zero-order valence-corrected chi connectivity index (χ0v) is 21.1. The number of fused-ring (bicyclic) bond motifs is 1. The van der Waals surface area contributed by atoms with Gasteiger partial charge in [-0.25, -0.2) is 9.97 Å². The van der Waals surface area contributed by atoms with Gasteiger partial charge in [0.1, 0.15) is 4.60 Å². The molecule has 0 unspecified atom stereocenters. The molecule has 0 aromatic carbocycles. The quantitative estimate of drug-likeness (QED) is 0.491. The molecule has 1 saturated carbocycles. The fraction of sp³-hybridized carbons (Fsp3) is 0.520. The Morgan fingerprint density at radius 1 is 1.03 bits per heavy atom. The number of anilines is 2. The second-order valence-electron chi connectivity index (χ2n) is 10.2. The van der Waals surface area contributed by atoms with Crippen molar-refractivity contribution in [3.63, 3.8) is 0 Å². The van der Waals surface area contributed by atoms with Crippen LogP contribution in [0.25, 0.3) is 5.65 Å². The molecule has 32 heavy (non-hydrogen) atoms. The minimum Gasteiger partial charge on any atom is -0.379 e. The lowest BCUT2D eigenvalue weighted by Crippen LogP contribution is -2.53. The van der Waals surface area contributed by atoms with Crippen LogP contribution in [0.15, 0.2) is 35.2 Å². The number of hydrogen-bond donors (Lipinski definition) is 1. The maximum absolute atomic E-state index is 5.05. The fourth-order valence-corrected chi connectivity index (χ4v) is 5.18. The Bertz CT molecular complexity index is 1100. The minimum absolute atomic E-state index is 0.226. The highest BCUT2D eigenvalue weighted by Crippen LogP contribution is 2.42. The molecule has 1 saturated heterocycles. The number of rotatable bonds is 5. The van der Waals surface area contributed by atoms with E-state index in [0.29, 0.717) is 6.54 Å². The van der Waals surface area contributed by atoms with Crippen molar-refractivity contribution in [2.45, 2.75) is 58.5 Å². The molecule has 1 aliphatic heterocycles. The number of halogens is 1. The van der Waals surface area contributed by atoms with Gasteiger partial charge in [-0.3, -0.25) is 4.90 Å². The Morgan fingerprint density at radius 2 is 1.78 bits per heavy atom. The topological polar surface area (TPSA) is 48.7 Å². The van der Waals surface area contributed by atoms with E-state index in [4.69, 9.17) is 4.98 Å². The summed E-state index contributed by atoms with van der Waals surface area (Å²) in [4.78, 5) is 14.6. The van der Waals surface area contributed by atoms with Crippen LogP contribution in [-0.2, 0) is 6.54 Å². The van der Waals surface area contributed by atoms with E-state index in [1.54, 1.807) is 0 Å². The van der Waals surface area contributed by atoms with Crippen molar-refractivity contribution in [1.29, 1.82) is 0 Å². The third-order valence-electron chi connectivity index (χ3n) is 6.62. The van der Waals surface area contributed by atoms with Crippen LogP contribution in [0.2, 0.25) is 0 Å². The van der Waals surface area contributed by atoms with Crippen LogP contribution >= 0.6 is 15.9 Å². The van der Waals surface area contributed by atoms with Crippen molar-refractivity contribution in [2.24, 2.45) is 0 Å². The first kappa shape index (κ1) is 21.7. The standard InChI is InChI=1S/C25H33BrN6/c1-17-11-20(13-23(26)28-17)27-14-21-16-31-15-19(18-5-6-18)12-22(24(31)29-21)30-7-9-32(10-8-30)25(2,3)4/h11-13,15-16,18H,5-10,14H2,1-4H3,(H,27,28). The largest absolute Gasteiger partial charge is 0.379 e. The van der Waals surface area contributed by atoms with Crippen LogP contribution in [0.3, 0.4) is 0 Å². The summed E-state index contributed by atoms with van der Waals surface area (Å²) in [5.74, 6) is 0.718. The van der Waals surface area contributed by atoms with Crippen molar-refractivity contribution in [3.05, 3.63) is 52.1 Å². The summed E-state index contributed by atoms with van der Waals surface area (Å²) in [5, 5.41) is 3.51. The molecule has 1 N–H and O–H groups in total. The lowest BCUT2D eigenvalue weighted by Gasteiger charge is -2.43. The Morgan fingerprint density at radius 3 is 2.44 bits per heavy atom. The smallest absolute Gasteiger partial charge is 0.160 e. The van der Waals surface area contributed by atoms with Gasteiger partial charge in [0.15, 0.2) is 5.65 Å². The minimum atomic E-state index is 0.226. The van der Waals surface area contributed by atoms with Crippen LogP contribution < -0.4 is 10.2 Å². The number of pyridine rings is 2. The van der Waals surface area contributed by atoms with E-state index < -0.39 is 0 Å². The average Bonchev–Trinajstić information content (AvgIpc) is 3.50. The molecule has 3 aromatic heterocycles. The number of aromatic nitrogens is 3. The molecular formula is C25H33BrN6. The Balaban J connectivity index is 1.40. The number of nitrogens with one attached hydrogen (secondary N) is 1. The molecule has 2 aliphatic rings. The van der Waals surface area contributed by atoms with Gasteiger partial charge >= 0.3 is 0 Å². The number of nitrogens with zero attached hydrogens (tertiary/aromatic N) is 5. The van der Waals surface area contributed by atoms with Gasteiger partial charge in [-0.15, -0.1) is 0 Å². The van der Waals surface area contributed by atoms with Crippen molar-refractivity contribution in [3.8, 4) is 0 Å². The molecule has 4 heterocycles. The second-order valence-corrected chi connectivity index (χ2v) is 11.0. The molecule has 5 rings (SSSR count). The molecule has 0 bridgehead atoms. The zero-order valence-electron chi connectivity index (χ0n) is 19.5. The lowest BCUT2D eigenvalue weighted by molar-refractivity contribution is 0.128. The summed E-state index contributed by atoms with van der Waals surface area (Å²) in [5.41, 5.74) is 7.14. The predicted octanol–water partition coefficient (Wildman–Crippen LogP) is 5.21. The highest BCUT2D eigenvalue weighted by Gasteiger charge is 2.29. The molecular weight excluding hydrogens is 464 g/mol. The average molecular weight is 497 g/mol. The third kappa shape index (κ3) is 4.64. The fourth-order valence-electron chi connectivity index (χ4n) is 4.65. The van der Waals surface area contributed by atoms with E-state index >= 15 is 0 Å². The van der Waals surface area contributed by atoms with Crippen LogP contribution in [0, 0.1) is 6.92 Å². The second kappa shape index (κ2) is 8.34. The highest BCUT2D eigenvalue weighted by atomic mass is 79.9. The van der Waals surface area contributed by atoms with E-state index in [1.807, 2.05) is 13.0 Å². The first-order chi connectivity index (χ1) is 15.3. The van der Waals surface area contributed by atoms with Crippen molar-refractivity contribution in [1.82, 2.24) is 19.3 Å². The van der Waals surface area contributed by atoms with Crippen LogP contribution in [0.5, 0.6) is 0 Å². The number of piperazine rings is 1. The summed E-state index contributed by atoms with van der Waals surface area (Å²) in [7, 11) is 0. The Labute approximate surface area is 199 Å². The maximum atomic E-state index is 5.05.